The van der Waals surface area contributed by atoms with Gasteiger partial charge in [0.05, 0.1) is 5.69 Å². The van der Waals surface area contributed by atoms with Crippen LogP contribution in [0.15, 0.2) is 48.5 Å². The molecule has 1 amide bonds. The zero-order chi connectivity index (χ0) is 20.8. The van der Waals surface area contributed by atoms with Gasteiger partial charge < -0.3 is 9.80 Å². The number of amides is 1. The Morgan fingerprint density at radius 2 is 1.70 bits per heavy atom. The van der Waals surface area contributed by atoms with Crippen molar-refractivity contribution in [3.8, 4) is 0 Å². The van der Waals surface area contributed by atoms with E-state index in [1.165, 1.54) is 5.56 Å². The Morgan fingerprint density at radius 1 is 0.967 bits per heavy atom. The third-order valence-corrected chi connectivity index (χ3v) is 6.11. The molecule has 2 aliphatic rings. The molecule has 0 unspecified atom stereocenters. The van der Waals surface area contributed by atoms with Crippen LogP contribution in [0.2, 0.25) is 0 Å². The lowest BCUT2D eigenvalue weighted by Crippen LogP contribution is -2.51. The lowest BCUT2D eigenvalue weighted by Gasteiger charge is -2.38. The fraction of sp³-hybridized carbons (Fsp3) is 0.458. The predicted octanol–water partition coefficient (Wildman–Crippen LogP) is 2.86. The molecule has 0 spiro atoms. The van der Waals surface area contributed by atoms with E-state index in [9.17, 15) is 4.79 Å². The van der Waals surface area contributed by atoms with E-state index in [1.807, 2.05) is 25.1 Å². The highest BCUT2D eigenvalue weighted by Gasteiger charge is 2.30. The third kappa shape index (κ3) is 5.25. The van der Waals surface area contributed by atoms with Crippen molar-refractivity contribution >= 4 is 17.8 Å². The highest BCUT2D eigenvalue weighted by atomic mass is 16.2. The molecule has 0 radical (unpaired) electrons. The van der Waals surface area contributed by atoms with Gasteiger partial charge in [-0.2, -0.15) is 5.10 Å². The highest BCUT2D eigenvalue weighted by molar-refractivity contribution is 5.79. The number of carbonyl (C=O) groups excluding carboxylic acids is 1. The van der Waals surface area contributed by atoms with Crippen LogP contribution in [0.4, 0.5) is 5.82 Å². The first-order chi connectivity index (χ1) is 14.7. The predicted molar refractivity (Wildman–Crippen MR) is 120 cm³/mol. The van der Waals surface area contributed by atoms with Gasteiger partial charge in [0.1, 0.15) is 0 Å². The summed E-state index contributed by atoms with van der Waals surface area (Å²) in [6.45, 7) is 8.19. The van der Waals surface area contributed by atoms with Gasteiger partial charge in [-0.25, -0.2) is 0 Å². The van der Waals surface area contributed by atoms with Crippen LogP contribution in [0.5, 0.6) is 0 Å². The third-order valence-electron chi connectivity index (χ3n) is 6.11. The fourth-order valence-corrected chi connectivity index (χ4v) is 4.23. The second kappa shape index (κ2) is 9.85. The van der Waals surface area contributed by atoms with Crippen LogP contribution in [0, 0.1) is 12.8 Å². The molecule has 4 rings (SSSR count). The lowest BCUT2D eigenvalue weighted by atomic mass is 9.95. The molecule has 158 valence electrons. The van der Waals surface area contributed by atoms with E-state index in [2.05, 4.69) is 61.3 Å². The second-order valence-corrected chi connectivity index (χ2v) is 8.23. The molecule has 3 heterocycles. The molecule has 1 aromatic heterocycles. The smallest absolute Gasteiger partial charge is 0.225 e. The van der Waals surface area contributed by atoms with Gasteiger partial charge in [0.25, 0.3) is 0 Å². The molecule has 0 aliphatic carbocycles. The average molecular weight is 406 g/mol. The van der Waals surface area contributed by atoms with Crippen molar-refractivity contribution in [3.05, 3.63) is 59.8 Å². The van der Waals surface area contributed by atoms with E-state index < -0.39 is 0 Å². The topological polar surface area (TPSA) is 52.6 Å². The molecule has 30 heavy (non-hydrogen) atoms. The number of aromatic nitrogens is 2. The first-order valence-electron chi connectivity index (χ1n) is 11.0. The number of hydrogen-bond donors (Lipinski definition) is 0. The maximum Gasteiger partial charge on any atom is 0.225 e. The number of benzene rings is 1. The van der Waals surface area contributed by atoms with Crippen LogP contribution in [0.1, 0.15) is 24.1 Å². The van der Waals surface area contributed by atoms with E-state index in [0.717, 1.165) is 70.2 Å². The van der Waals surface area contributed by atoms with Crippen molar-refractivity contribution in [2.45, 2.75) is 19.8 Å². The summed E-state index contributed by atoms with van der Waals surface area (Å²) in [6, 6.07) is 14.4. The summed E-state index contributed by atoms with van der Waals surface area (Å²) in [5.41, 5.74) is 2.16. The zero-order valence-electron chi connectivity index (χ0n) is 17.8. The molecule has 0 atom stereocenters. The maximum atomic E-state index is 13.0. The molecule has 2 fully saturated rings. The number of hydrogen-bond acceptors (Lipinski definition) is 5. The SMILES string of the molecule is Cc1ccc(N2CCC(C(=O)N3CCN(C/C=C/c4ccccc4)CC3)CC2)nn1. The minimum atomic E-state index is 0.143. The van der Waals surface area contributed by atoms with Crippen LogP contribution in [-0.2, 0) is 4.79 Å². The molecular formula is C24H31N5O. The van der Waals surface area contributed by atoms with E-state index in [4.69, 9.17) is 0 Å². The van der Waals surface area contributed by atoms with Crippen molar-refractivity contribution in [2.75, 3.05) is 50.7 Å². The summed E-state index contributed by atoms with van der Waals surface area (Å²) in [6.07, 6.45) is 6.18. The summed E-state index contributed by atoms with van der Waals surface area (Å²) >= 11 is 0. The van der Waals surface area contributed by atoms with Crippen LogP contribution >= 0.6 is 0 Å². The zero-order valence-corrected chi connectivity index (χ0v) is 17.8. The van der Waals surface area contributed by atoms with E-state index in [-0.39, 0.29) is 5.92 Å². The second-order valence-electron chi connectivity index (χ2n) is 8.23. The standard InChI is InChI=1S/C24H31N5O/c1-20-9-10-23(26-25-20)28-14-11-22(12-15-28)24(30)29-18-16-27(17-19-29)13-5-8-21-6-3-2-4-7-21/h2-10,22H,11-19H2,1H3/b8-5+. The number of carbonyl (C=O) groups is 1. The summed E-state index contributed by atoms with van der Waals surface area (Å²) in [7, 11) is 0. The Hall–Kier alpha value is -2.73. The van der Waals surface area contributed by atoms with Crippen molar-refractivity contribution in [1.82, 2.24) is 20.0 Å². The summed E-state index contributed by atoms with van der Waals surface area (Å²) in [5.74, 6) is 1.40. The molecular weight excluding hydrogens is 374 g/mol. The molecule has 2 saturated heterocycles. The highest BCUT2D eigenvalue weighted by Crippen LogP contribution is 2.23. The number of anilines is 1. The molecule has 2 aromatic rings. The van der Waals surface area contributed by atoms with Gasteiger partial charge in [0.15, 0.2) is 5.82 Å². The minimum absolute atomic E-state index is 0.143. The number of nitrogens with zero attached hydrogens (tertiary/aromatic N) is 5. The molecule has 6 nitrogen and oxygen atoms in total. The molecule has 0 saturated carbocycles. The quantitative estimate of drug-likeness (QED) is 0.766. The Labute approximate surface area is 179 Å². The van der Waals surface area contributed by atoms with E-state index >= 15 is 0 Å². The normalized spacial score (nSPS) is 18.8. The van der Waals surface area contributed by atoms with Crippen molar-refractivity contribution in [2.24, 2.45) is 5.92 Å². The van der Waals surface area contributed by atoms with E-state index in [0.29, 0.717) is 5.91 Å². The van der Waals surface area contributed by atoms with Crippen molar-refractivity contribution in [3.63, 3.8) is 0 Å². The fourth-order valence-electron chi connectivity index (χ4n) is 4.23. The average Bonchev–Trinajstić information content (AvgIpc) is 2.80. The Morgan fingerprint density at radius 3 is 2.37 bits per heavy atom. The van der Waals surface area contributed by atoms with Crippen LogP contribution in [-0.4, -0.2) is 71.7 Å². The van der Waals surface area contributed by atoms with Gasteiger partial charge in [0.2, 0.25) is 5.91 Å². The molecule has 2 aliphatic heterocycles. The van der Waals surface area contributed by atoms with Gasteiger partial charge >= 0.3 is 0 Å². The van der Waals surface area contributed by atoms with Gasteiger partial charge in [0, 0.05) is 51.7 Å². The van der Waals surface area contributed by atoms with Crippen LogP contribution in [0.25, 0.3) is 6.08 Å². The van der Waals surface area contributed by atoms with Gasteiger partial charge in [-0.05, 0) is 37.5 Å². The number of piperidine rings is 1. The van der Waals surface area contributed by atoms with E-state index in [1.54, 1.807) is 0 Å². The minimum Gasteiger partial charge on any atom is -0.355 e. The summed E-state index contributed by atoms with van der Waals surface area (Å²) in [4.78, 5) is 19.7. The molecule has 0 N–H and O–H groups in total. The first-order valence-corrected chi connectivity index (χ1v) is 11.0. The van der Waals surface area contributed by atoms with Crippen LogP contribution in [0.3, 0.4) is 0 Å². The number of aryl methyl sites for hydroxylation is 1. The van der Waals surface area contributed by atoms with Crippen LogP contribution < -0.4 is 4.90 Å². The first kappa shape index (κ1) is 20.5. The summed E-state index contributed by atoms with van der Waals surface area (Å²) < 4.78 is 0. The Bertz CT molecular complexity index is 836. The Balaban J connectivity index is 1.20. The Kier molecular flexibility index (Phi) is 6.74. The van der Waals surface area contributed by atoms with Gasteiger partial charge in [-0.1, -0.05) is 42.5 Å². The molecule has 6 heteroatoms. The number of piperazine rings is 1. The number of rotatable bonds is 5. The van der Waals surface area contributed by atoms with Gasteiger partial charge in [-0.15, -0.1) is 5.10 Å². The van der Waals surface area contributed by atoms with Crippen molar-refractivity contribution in [1.29, 1.82) is 0 Å². The van der Waals surface area contributed by atoms with Gasteiger partial charge in [-0.3, -0.25) is 9.69 Å². The summed E-state index contributed by atoms with van der Waals surface area (Å²) in [5, 5.41) is 8.43. The largest absolute Gasteiger partial charge is 0.355 e. The molecule has 0 bridgehead atoms. The lowest BCUT2D eigenvalue weighted by molar-refractivity contribution is -0.137. The van der Waals surface area contributed by atoms with Crippen molar-refractivity contribution < 1.29 is 4.79 Å². The monoisotopic (exact) mass is 405 g/mol. The maximum absolute atomic E-state index is 13.0. The molecule has 1 aromatic carbocycles.